The first-order valence-electron chi connectivity index (χ1n) is 7.02. The minimum atomic E-state index is -1.67. The van der Waals surface area contributed by atoms with E-state index in [1.54, 1.807) is 51.1 Å². The molecule has 0 saturated carbocycles. The number of hydrogen-bond acceptors (Lipinski definition) is 4. The van der Waals surface area contributed by atoms with Crippen LogP contribution < -0.4 is 5.32 Å². The average Bonchev–Trinajstić information content (AvgIpc) is 2.45. The summed E-state index contributed by atoms with van der Waals surface area (Å²) in [7, 11) is 0. The smallest absolute Gasteiger partial charge is 0.414 e. The number of nitrogens with one attached hydrogen (secondary N) is 1. The van der Waals surface area contributed by atoms with Crippen LogP contribution in [-0.4, -0.2) is 45.5 Å². The maximum Gasteiger partial charge on any atom is 0.414 e. The lowest BCUT2D eigenvalue weighted by Gasteiger charge is -2.35. The Morgan fingerprint density at radius 1 is 1.36 bits per heavy atom. The second-order valence-electron chi connectivity index (χ2n) is 5.93. The lowest BCUT2D eigenvalue weighted by atomic mass is 10.2. The number of piperazine rings is 1. The molecule has 1 aromatic rings. The van der Waals surface area contributed by atoms with E-state index in [2.05, 4.69) is 5.32 Å². The highest BCUT2D eigenvalue weighted by Crippen LogP contribution is 2.22. The van der Waals surface area contributed by atoms with Gasteiger partial charge in [-0.3, -0.25) is 9.69 Å². The lowest BCUT2D eigenvalue weighted by Crippen LogP contribution is -2.60. The molecule has 0 spiro atoms. The molecule has 2 atom stereocenters. The number of nitrogens with zero attached hydrogens (tertiary/aromatic N) is 1. The number of amides is 2. The number of rotatable bonds is 2. The summed E-state index contributed by atoms with van der Waals surface area (Å²) in [5.74, 6) is -0.431. The molecule has 1 heterocycles. The molecule has 22 heavy (non-hydrogen) atoms. The fourth-order valence-electron chi connectivity index (χ4n) is 2.05. The Balaban J connectivity index is 2.24. The molecule has 1 fully saturated rings. The van der Waals surface area contributed by atoms with Gasteiger partial charge in [-0.15, -0.1) is 0 Å². The van der Waals surface area contributed by atoms with E-state index < -0.39 is 34.2 Å². The fourth-order valence-corrected chi connectivity index (χ4v) is 3.43. The van der Waals surface area contributed by atoms with Crippen LogP contribution >= 0.6 is 0 Å². The van der Waals surface area contributed by atoms with Gasteiger partial charge in [0, 0.05) is 24.3 Å². The second kappa shape index (κ2) is 6.58. The van der Waals surface area contributed by atoms with Crippen LogP contribution in [0.1, 0.15) is 20.8 Å². The lowest BCUT2D eigenvalue weighted by molar-refractivity contribution is -0.125. The molecular weight excluding hydrogens is 304 g/mol. The Hall–Kier alpha value is -1.73. The third-order valence-corrected chi connectivity index (χ3v) is 4.58. The van der Waals surface area contributed by atoms with E-state index in [-0.39, 0.29) is 6.54 Å². The Kier molecular flexibility index (Phi) is 4.97. The summed E-state index contributed by atoms with van der Waals surface area (Å²) in [5.41, 5.74) is -0.677. The molecular formula is C15H20N2O4S. The maximum absolute atomic E-state index is 12.7. The van der Waals surface area contributed by atoms with Crippen molar-refractivity contribution in [2.45, 2.75) is 36.6 Å². The van der Waals surface area contributed by atoms with Crippen LogP contribution in [0.3, 0.4) is 0 Å². The monoisotopic (exact) mass is 324 g/mol. The second-order valence-corrected chi connectivity index (χ2v) is 7.44. The first kappa shape index (κ1) is 16.6. The van der Waals surface area contributed by atoms with Crippen molar-refractivity contribution >= 4 is 23.2 Å². The summed E-state index contributed by atoms with van der Waals surface area (Å²) < 4.78 is 18.0. The molecule has 1 saturated heterocycles. The summed E-state index contributed by atoms with van der Waals surface area (Å²) in [5, 5.41) is 1.57. The largest absolute Gasteiger partial charge is 0.609 e. The van der Waals surface area contributed by atoms with Gasteiger partial charge in [0.05, 0.1) is 0 Å². The van der Waals surface area contributed by atoms with E-state index >= 15 is 0 Å². The maximum atomic E-state index is 12.7. The SMILES string of the molecule is CC(C)(C)OC(=O)N1CCNC(=O)C1[S+]([O-])c1ccccc1. The number of benzene rings is 1. The standard InChI is InChI=1S/C15H20N2O4S/c1-15(2,3)21-14(19)17-10-9-16-12(18)13(17)22(20)11-7-5-4-6-8-11/h4-8,13H,9-10H2,1-3H3,(H,16,18). The number of ether oxygens (including phenoxy) is 1. The van der Waals surface area contributed by atoms with Gasteiger partial charge in [-0.1, -0.05) is 18.2 Å². The average molecular weight is 324 g/mol. The van der Waals surface area contributed by atoms with Gasteiger partial charge in [0.1, 0.15) is 5.60 Å². The van der Waals surface area contributed by atoms with Crippen molar-refractivity contribution in [3.8, 4) is 0 Å². The van der Waals surface area contributed by atoms with Crippen LogP contribution in [0.15, 0.2) is 35.2 Å². The molecule has 2 unspecified atom stereocenters. The molecule has 1 N–H and O–H groups in total. The van der Waals surface area contributed by atoms with Crippen LogP contribution in [0, 0.1) is 0 Å². The molecule has 0 radical (unpaired) electrons. The van der Waals surface area contributed by atoms with Crippen molar-refractivity contribution in [2.24, 2.45) is 0 Å². The van der Waals surface area contributed by atoms with Gasteiger partial charge >= 0.3 is 6.09 Å². The molecule has 1 aromatic carbocycles. The summed E-state index contributed by atoms with van der Waals surface area (Å²) >= 11 is -1.67. The summed E-state index contributed by atoms with van der Waals surface area (Å²) in [6.07, 6.45) is -0.628. The van der Waals surface area contributed by atoms with Crippen LogP contribution in [0.5, 0.6) is 0 Å². The van der Waals surface area contributed by atoms with Gasteiger partial charge in [0.25, 0.3) is 11.3 Å². The zero-order valence-corrected chi connectivity index (χ0v) is 13.7. The van der Waals surface area contributed by atoms with E-state index in [0.717, 1.165) is 0 Å². The van der Waals surface area contributed by atoms with Crippen molar-refractivity contribution in [3.63, 3.8) is 0 Å². The quantitative estimate of drug-likeness (QED) is 0.836. The molecule has 6 nitrogen and oxygen atoms in total. The van der Waals surface area contributed by atoms with E-state index in [9.17, 15) is 14.1 Å². The Bertz CT molecular complexity index is 544. The molecule has 0 aromatic heterocycles. The molecule has 2 rings (SSSR count). The van der Waals surface area contributed by atoms with E-state index in [1.165, 1.54) is 4.90 Å². The van der Waals surface area contributed by atoms with Crippen LogP contribution in [-0.2, 0) is 20.7 Å². The van der Waals surface area contributed by atoms with E-state index in [4.69, 9.17) is 4.74 Å². The van der Waals surface area contributed by atoms with Gasteiger partial charge in [0.15, 0.2) is 4.90 Å². The first-order valence-corrected chi connectivity index (χ1v) is 8.24. The number of carbonyl (C=O) groups excluding carboxylic acids is 2. The third kappa shape index (κ3) is 3.92. The Morgan fingerprint density at radius 3 is 2.59 bits per heavy atom. The molecule has 1 aliphatic rings. The molecule has 1 aliphatic heterocycles. The molecule has 2 amide bonds. The van der Waals surface area contributed by atoms with Crippen LogP contribution in [0.25, 0.3) is 0 Å². The minimum Gasteiger partial charge on any atom is -0.609 e. The highest BCUT2D eigenvalue weighted by molar-refractivity contribution is 7.92. The first-order chi connectivity index (χ1) is 10.3. The molecule has 0 aliphatic carbocycles. The Labute approximate surface area is 133 Å². The number of carbonyl (C=O) groups is 2. The zero-order valence-electron chi connectivity index (χ0n) is 12.9. The minimum absolute atomic E-state index is 0.268. The Morgan fingerprint density at radius 2 is 2.00 bits per heavy atom. The van der Waals surface area contributed by atoms with E-state index in [0.29, 0.717) is 11.4 Å². The predicted octanol–water partition coefficient (Wildman–Crippen LogP) is 1.49. The van der Waals surface area contributed by atoms with Crippen molar-refractivity contribution in [2.75, 3.05) is 13.1 Å². The number of hydrogen-bond donors (Lipinski definition) is 1. The van der Waals surface area contributed by atoms with Gasteiger partial charge in [-0.25, -0.2) is 4.79 Å². The van der Waals surface area contributed by atoms with Crippen molar-refractivity contribution < 1.29 is 18.9 Å². The van der Waals surface area contributed by atoms with Crippen molar-refractivity contribution in [1.29, 1.82) is 0 Å². The van der Waals surface area contributed by atoms with Gasteiger partial charge in [0.2, 0.25) is 0 Å². The highest BCUT2D eigenvalue weighted by atomic mass is 32.2. The zero-order chi connectivity index (χ0) is 16.3. The summed E-state index contributed by atoms with van der Waals surface area (Å²) in [4.78, 5) is 26.2. The van der Waals surface area contributed by atoms with Gasteiger partial charge < -0.3 is 14.6 Å². The predicted molar refractivity (Wildman–Crippen MR) is 82.6 cm³/mol. The van der Waals surface area contributed by atoms with Crippen molar-refractivity contribution in [1.82, 2.24) is 10.2 Å². The topological polar surface area (TPSA) is 81.7 Å². The van der Waals surface area contributed by atoms with Crippen molar-refractivity contribution in [3.05, 3.63) is 30.3 Å². The summed E-state index contributed by atoms with van der Waals surface area (Å²) in [6, 6.07) is 8.63. The molecule has 7 heteroatoms. The fraction of sp³-hybridized carbons (Fsp3) is 0.467. The summed E-state index contributed by atoms with van der Waals surface area (Å²) in [6.45, 7) is 5.83. The van der Waals surface area contributed by atoms with Crippen LogP contribution in [0.2, 0.25) is 0 Å². The van der Waals surface area contributed by atoms with Gasteiger partial charge in [-0.2, -0.15) is 0 Å². The normalized spacial score (nSPS) is 20.3. The molecule has 120 valence electrons. The van der Waals surface area contributed by atoms with Crippen LogP contribution in [0.4, 0.5) is 4.79 Å². The van der Waals surface area contributed by atoms with Gasteiger partial charge in [-0.05, 0) is 32.9 Å². The third-order valence-electron chi connectivity index (χ3n) is 2.97. The molecule has 0 bridgehead atoms. The van der Waals surface area contributed by atoms with E-state index in [1.807, 2.05) is 0 Å². The highest BCUT2D eigenvalue weighted by Gasteiger charge is 2.44.